The summed E-state index contributed by atoms with van der Waals surface area (Å²) in [7, 11) is 5.97. The van der Waals surface area contributed by atoms with Crippen molar-refractivity contribution < 1.29 is 41.1 Å². The Morgan fingerprint density at radius 1 is 0.757 bits per heavy atom. The molecule has 0 spiro atoms. The van der Waals surface area contributed by atoms with E-state index in [0.29, 0.717) is 17.6 Å². The average molecular weight is 551 g/mol. The molecule has 0 aromatic heterocycles. The highest BCUT2D eigenvalue weighted by Crippen LogP contribution is 2.13. The number of ether oxygens (including phenoxy) is 2. The van der Waals surface area contributed by atoms with E-state index in [4.69, 9.17) is 9.47 Å². The van der Waals surface area contributed by atoms with Gasteiger partial charge in [0.25, 0.3) is 0 Å². The number of rotatable bonds is 24. The maximum absolute atomic E-state index is 12.2. The summed E-state index contributed by atoms with van der Waals surface area (Å²) in [5, 5.41) is 10.0. The lowest BCUT2D eigenvalue weighted by atomic mass is 10.0. The molecule has 0 saturated carbocycles. The quantitative estimate of drug-likeness (QED) is 0.147. The summed E-state index contributed by atoms with van der Waals surface area (Å²) in [5.41, 5.74) is 0. The SMILES string of the molecule is CCCCCCCCCCCCCCCCCCOCC(O)COC(=O)N(CC[N+](C)(C)C)C(C)=O.[Cl-]. The van der Waals surface area contributed by atoms with Crippen LogP contribution < -0.4 is 12.4 Å². The predicted molar refractivity (Wildman–Crippen MR) is 148 cm³/mol. The molecule has 0 heterocycles. The standard InChI is InChI=1S/C29H59N2O5.ClH/c1-6-7-8-9-10-11-12-13-14-15-16-17-18-19-20-21-24-35-25-28(33)26-36-29(34)30(27(2)32)22-23-31(3,4)5;/h28,33H,6-26H2,1-5H3;1H/q+1;/p-1. The smallest absolute Gasteiger partial charge is 0.416 e. The second-order valence-electron chi connectivity index (χ2n) is 11.3. The first-order valence-electron chi connectivity index (χ1n) is 14.7. The van der Waals surface area contributed by atoms with E-state index >= 15 is 0 Å². The van der Waals surface area contributed by atoms with Crippen LogP contribution in [0.15, 0.2) is 0 Å². The number of hydrogen-bond donors (Lipinski definition) is 1. The summed E-state index contributed by atoms with van der Waals surface area (Å²) in [5.74, 6) is -0.359. The fourth-order valence-corrected chi connectivity index (χ4v) is 4.04. The molecule has 0 rings (SSSR count). The first-order valence-corrected chi connectivity index (χ1v) is 14.7. The maximum atomic E-state index is 12.2. The minimum Gasteiger partial charge on any atom is -1.00 e. The van der Waals surface area contributed by atoms with Crippen LogP contribution in [0.5, 0.6) is 0 Å². The predicted octanol–water partition coefficient (Wildman–Crippen LogP) is 3.32. The van der Waals surface area contributed by atoms with Gasteiger partial charge in [0, 0.05) is 13.5 Å². The van der Waals surface area contributed by atoms with Crippen LogP contribution >= 0.6 is 0 Å². The molecule has 1 atom stereocenters. The summed E-state index contributed by atoms with van der Waals surface area (Å²) >= 11 is 0. The number of unbranched alkanes of at least 4 members (excludes halogenated alkanes) is 15. The largest absolute Gasteiger partial charge is 1.00 e. The number of hydrogen-bond acceptors (Lipinski definition) is 5. The maximum Gasteiger partial charge on any atom is 0.416 e. The Kier molecular flexibility index (Phi) is 26.3. The van der Waals surface area contributed by atoms with Crippen molar-refractivity contribution in [2.24, 2.45) is 0 Å². The van der Waals surface area contributed by atoms with Crippen molar-refractivity contribution in [1.82, 2.24) is 4.90 Å². The van der Waals surface area contributed by atoms with Crippen LogP contribution in [0.25, 0.3) is 0 Å². The van der Waals surface area contributed by atoms with Crippen LogP contribution in [0.3, 0.4) is 0 Å². The third-order valence-electron chi connectivity index (χ3n) is 6.45. The van der Waals surface area contributed by atoms with Crippen molar-refractivity contribution >= 4 is 12.0 Å². The third kappa shape index (κ3) is 26.5. The molecule has 0 fully saturated rings. The van der Waals surface area contributed by atoms with Crippen LogP contribution in [-0.4, -0.2) is 86.6 Å². The Morgan fingerprint density at radius 3 is 1.59 bits per heavy atom. The summed E-state index contributed by atoms with van der Waals surface area (Å²) in [6.07, 6.45) is 19.7. The lowest BCUT2D eigenvalue weighted by Crippen LogP contribution is -3.00. The molecule has 0 saturated heterocycles. The Balaban J connectivity index is 0. The molecule has 37 heavy (non-hydrogen) atoms. The van der Waals surface area contributed by atoms with Crippen molar-refractivity contribution in [2.75, 3.05) is 54.1 Å². The van der Waals surface area contributed by atoms with Gasteiger partial charge in [-0.2, -0.15) is 0 Å². The number of carbonyl (C=O) groups is 2. The van der Waals surface area contributed by atoms with E-state index in [1.807, 2.05) is 21.1 Å². The Hall–Kier alpha value is -0.890. The first-order chi connectivity index (χ1) is 17.2. The van der Waals surface area contributed by atoms with Crippen LogP contribution in [0.2, 0.25) is 0 Å². The number of aliphatic hydroxyl groups is 1. The van der Waals surface area contributed by atoms with Gasteiger partial charge < -0.3 is 31.5 Å². The molecule has 8 heteroatoms. The van der Waals surface area contributed by atoms with Gasteiger partial charge in [-0.15, -0.1) is 0 Å². The number of nitrogens with zero attached hydrogens (tertiary/aromatic N) is 2. The van der Waals surface area contributed by atoms with Crippen LogP contribution in [0.4, 0.5) is 4.79 Å². The number of quaternary nitrogens is 1. The monoisotopic (exact) mass is 550 g/mol. The molecule has 222 valence electrons. The molecule has 1 N–H and O–H groups in total. The second kappa shape index (κ2) is 25.4. The molecular weight excluding hydrogens is 492 g/mol. The van der Waals surface area contributed by atoms with Gasteiger partial charge in [0.1, 0.15) is 12.7 Å². The van der Waals surface area contributed by atoms with E-state index in [0.717, 1.165) is 17.7 Å². The minimum atomic E-state index is -0.887. The zero-order chi connectivity index (χ0) is 27.1. The average Bonchev–Trinajstić information content (AvgIpc) is 2.81. The molecule has 0 aromatic rings. The van der Waals surface area contributed by atoms with Gasteiger partial charge >= 0.3 is 6.09 Å². The topological polar surface area (TPSA) is 76.1 Å². The molecule has 1 unspecified atom stereocenters. The molecule has 0 aliphatic heterocycles. The number of imide groups is 1. The Labute approximate surface area is 234 Å². The first kappa shape index (κ1) is 38.3. The van der Waals surface area contributed by atoms with E-state index in [1.165, 1.54) is 96.8 Å². The number of aliphatic hydroxyl groups excluding tert-OH is 1. The van der Waals surface area contributed by atoms with Crippen molar-refractivity contribution in [1.29, 1.82) is 0 Å². The van der Waals surface area contributed by atoms with Gasteiger partial charge in [-0.1, -0.05) is 103 Å². The minimum absolute atomic E-state index is 0. The summed E-state index contributed by atoms with van der Waals surface area (Å²) in [6, 6.07) is 0. The molecule has 7 nitrogen and oxygen atoms in total. The van der Waals surface area contributed by atoms with Crippen LogP contribution in [-0.2, 0) is 14.3 Å². The van der Waals surface area contributed by atoms with E-state index < -0.39 is 12.2 Å². The van der Waals surface area contributed by atoms with Crippen LogP contribution in [0, 0.1) is 0 Å². The molecule has 0 aliphatic rings. The van der Waals surface area contributed by atoms with Gasteiger partial charge in [0.2, 0.25) is 5.91 Å². The van der Waals surface area contributed by atoms with Gasteiger partial charge in [0.05, 0.1) is 40.8 Å². The van der Waals surface area contributed by atoms with Crippen molar-refractivity contribution in [3.05, 3.63) is 0 Å². The second-order valence-corrected chi connectivity index (χ2v) is 11.3. The van der Waals surface area contributed by atoms with E-state index in [2.05, 4.69) is 6.92 Å². The normalized spacial score (nSPS) is 12.2. The third-order valence-corrected chi connectivity index (χ3v) is 6.45. The highest BCUT2D eigenvalue weighted by molar-refractivity contribution is 5.90. The molecule has 0 bridgehead atoms. The Morgan fingerprint density at radius 2 is 1.19 bits per heavy atom. The Bertz CT molecular complexity index is 543. The zero-order valence-electron chi connectivity index (χ0n) is 24.8. The molecule has 0 aliphatic carbocycles. The summed E-state index contributed by atoms with van der Waals surface area (Å²) < 4.78 is 11.3. The molecular formula is C29H59ClN2O5. The fourth-order valence-electron chi connectivity index (χ4n) is 4.04. The molecule has 2 amide bonds. The van der Waals surface area contributed by atoms with Crippen molar-refractivity contribution in [2.45, 2.75) is 123 Å². The van der Waals surface area contributed by atoms with E-state index in [1.54, 1.807) is 0 Å². The van der Waals surface area contributed by atoms with E-state index in [-0.39, 0.29) is 38.1 Å². The van der Waals surface area contributed by atoms with Gasteiger partial charge in [-0.3, -0.25) is 4.79 Å². The summed E-state index contributed by atoms with van der Waals surface area (Å²) in [4.78, 5) is 25.0. The lowest BCUT2D eigenvalue weighted by Gasteiger charge is -2.27. The van der Waals surface area contributed by atoms with Gasteiger partial charge in [-0.05, 0) is 6.42 Å². The fraction of sp³-hybridized carbons (Fsp3) is 0.931. The number of halogens is 1. The van der Waals surface area contributed by atoms with Crippen molar-refractivity contribution in [3.63, 3.8) is 0 Å². The van der Waals surface area contributed by atoms with Gasteiger partial charge in [-0.25, -0.2) is 9.69 Å². The molecule has 0 aromatic carbocycles. The zero-order valence-corrected chi connectivity index (χ0v) is 25.5. The van der Waals surface area contributed by atoms with E-state index in [9.17, 15) is 14.7 Å². The molecule has 0 radical (unpaired) electrons. The highest BCUT2D eigenvalue weighted by Gasteiger charge is 2.23. The number of carbonyl (C=O) groups excluding carboxylic acids is 2. The van der Waals surface area contributed by atoms with Gasteiger partial charge in [0.15, 0.2) is 0 Å². The van der Waals surface area contributed by atoms with Crippen molar-refractivity contribution in [3.8, 4) is 0 Å². The number of amides is 2. The highest BCUT2D eigenvalue weighted by atomic mass is 35.5. The lowest BCUT2D eigenvalue weighted by molar-refractivity contribution is -0.869. The summed E-state index contributed by atoms with van der Waals surface area (Å²) in [6.45, 7) is 5.08. The number of likely N-dealkylation sites (N-methyl/N-ethyl adjacent to an activating group) is 1. The van der Waals surface area contributed by atoms with Crippen LogP contribution in [0.1, 0.15) is 117 Å².